The Morgan fingerprint density at radius 3 is 2.89 bits per heavy atom. The number of rotatable bonds is 2. The Hall–Kier alpha value is -1.57. The number of methoxy groups -OCH3 is 1. The van der Waals surface area contributed by atoms with Crippen LogP contribution >= 0.6 is 0 Å². The summed E-state index contributed by atoms with van der Waals surface area (Å²) in [6, 6.07) is 8.06. The second-order valence-corrected chi connectivity index (χ2v) is 5.38. The van der Waals surface area contributed by atoms with E-state index in [0.29, 0.717) is 31.8 Å². The first-order valence-electron chi connectivity index (χ1n) is 6.54. The smallest absolute Gasteiger partial charge is 0.119 e. The molecule has 0 bridgehead atoms. The van der Waals surface area contributed by atoms with Gasteiger partial charge in [0, 0.05) is 6.61 Å². The van der Waals surface area contributed by atoms with Gasteiger partial charge in [-0.2, -0.15) is 5.26 Å². The van der Waals surface area contributed by atoms with Gasteiger partial charge in [-0.3, -0.25) is 0 Å². The summed E-state index contributed by atoms with van der Waals surface area (Å²) >= 11 is 0. The van der Waals surface area contributed by atoms with E-state index in [-0.39, 0.29) is 0 Å². The highest BCUT2D eigenvalue weighted by molar-refractivity contribution is 5.45. The third-order valence-corrected chi connectivity index (χ3v) is 4.55. The SMILES string of the molecule is COc1ccc2c(c1)C(O)(C1(C#N)CCOC1)CC2. The van der Waals surface area contributed by atoms with Crippen LogP contribution in [0.2, 0.25) is 0 Å². The molecule has 0 aromatic heterocycles. The summed E-state index contributed by atoms with van der Waals surface area (Å²) in [5.74, 6) is 0.714. The van der Waals surface area contributed by atoms with E-state index in [0.717, 1.165) is 17.5 Å². The molecule has 2 atom stereocenters. The minimum Gasteiger partial charge on any atom is -0.497 e. The lowest BCUT2D eigenvalue weighted by Gasteiger charge is -2.37. The van der Waals surface area contributed by atoms with Crippen molar-refractivity contribution in [2.75, 3.05) is 20.3 Å². The van der Waals surface area contributed by atoms with Gasteiger partial charge in [0.05, 0.1) is 19.8 Å². The van der Waals surface area contributed by atoms with Crippen LogP contribution in [0, 0.1) is 16.7 Å². The predicted molar refractivity (Wildman–Crippen MR) is 68.7 cm³/mol. The number of benzene rings is 1. The molecule has 3 rings (SSSR count). The molecular weight excluding hydrogens is 242 g/mol. The van der Waals surface area contributed by atoms with Crippen LogP contribution in [0.5, 0.6) is 5.75 Å². The van der Waals surface area contributed by atoms with E-state index in [4.69, 9.17) is 9.47 Å². The second kappa shape index (κ2) is 4.22. The van der Waals surface area contributed by atoms with E-state index in [9.17, 15) is 10.4 Å². The van der Waals surface area contributed by atoms with E-state index in [1.165, 1.54) is 0 Å². The lowest BCUT2D eigenvalue weighted by Crippen LogP contribution is -2.44. The number of hydrogen-bond donors (Lipinski definition) is 1. The first-order chi connectivity index (χ1) is 9.15. The zero-order valence-electron chi connectivity index (χ0n) is 11.0. The Morgan fingerprint density at radius 1 is 1.42 bits per heavy atom. The van der Waals surface area contributed by atoms with Gasteiger partial charge >= 0.3 is 0 Å². The predicted octanol–water partition coefficient (Wildman–Crippen LogP) is 1.76. The molecule has 1 aromatic carbocycles. The molecule has 0 spiro atoms. The van der Waals surface area contributed by atoms with Crippen LogP contribution in [0.1, 0.15) is 24.0 Å². The number of fused-ring (bicyclic) bond motifs is 1. The number of aryl methyl sites for hydroxylation is 1. The van der Waals surface area contributed by atoms with Gasteiger partial charge in [0.15, 0.2) is 0 Å². The van der Waals surface area contributed by atoms with Crippen molar-refractivity contribution in [2.24, 2.45) is 5.41 Å². The minimum atomic E-state index is -1.12. The van der Waals surface area contributed by atoms with Crippen molar-refractivity contribution >= 4 is 0 Å². The fraction of sp³-hybridized carbons (Fsp3) is 0.533. The summed E-state index contributed by atoms with van der Waals surface area (Å²) in [7, 11) is 1.61. The summed E-state index contributed by atoms with van der Waals surface area (Å²) in [6.45, 7) is 0.839. The van der Waals surface area contributed by atoms with Crippen molar-refractivity contribution in [1.29, 1.82) is 5.26 Å². The maximum Gasteiger partial charge on any atom is 0.119 e. The first kappa shape index (κ1) is 12.5. The molecule has 2 unspecified atom stereocenters. The fourth-order valence-electron chi connectivity index (χ4n) is 3.30. The Kier molecular flexibility index (Phi) is 2.77. The number of ether oxygens (including phenoxy) is 2. The third-order valence-electron chi connectivity index (χ3n) is 4.55. The second-order valence-electron chi connectivity index (χ2n) is 5.38. The molecule has 0 radical (unpaired) electrons. The largest absolute Gasteiger partial charge is 0.497 e. The summed E-state index contributed by atoms with van der Waals surface area (Å²) in [5, 5.41) is 20.7. The number of hydrogen-bond acceptors (Lipinski definition) is 4. The van der Waals surface area contributed by atoms with Crippen molar-refractivity contribution < 1.29 is 14.6 Å². The van der Waals surface area contributed by atoms with Gasteiger partial charge in [-0.05, 0) is 42.5 Å². The fourth-order valence-corrected chi connectivity index (χ4v) is 3.30. The standard InChI is InChI=1S/C15H17NO3/c1-18-12-3-2-11-4-5-15(17,13(11)8-12)14(9-16)6-7-19-10-14/h2-3,8,17H,4-7,10H2,1H3. The zero-order chi connectivity index (χ0) is 13.5. The van der Waals surface area contributed by atoms with Gasteiger partial charge < -0.3 is 14.6 Å². The van der Waals surface area contributed by atoms with Crippen LogP contribution < -0.4 is 4.74 Å². The number of nitrogens with zero attached hydrogens (tertiary/aromatic N) is 1. The van der Waals surface area contributed by atoms with E-state index < -0.39 is 11.0 Å². The monoisotopic (exact) mass is 259 g/mol. The van der Waals surface area contributed by atoms with Crippen LogP contribution in [-0.2, 0) is 16.8 Å². The molecule has 2 aliphatic rings. The minimum absolute atomic E-state index is 0.302. The average Bonchev–Trinajstić information content (AvgIpc) is 3.06. The maximum atomic E-state index is 11.2. The molecule has 4 nitrogen and oxygen atoms in total. The van der Waals surface area contributed by atoms with Crippen molar-refractivity contribution in [1.82, 2.24) is 0 Å². The number of nitriles is 1. The highest BCUT2D eigenvalue weighted by Gasteiger charge is 2.57. The molecule has 1 N–H and O–H groups in total. The Labute approximate surface area is 112 Å². The molecule has 0 saturated carbocycles. The van der Waals surface area contributed by atoms with E-state index in [1.807, 2.05) is 18.2 Å². The maximum absolute atomic E-state index is 11.2. The molecule has 1 aliphatic carbocycles. The van der Waals surface area contributed by atoms with E-state index >= 15 is 0 Å². The summed E-state index contributed by atoms with van der Waals surface area (Å²) in [4.78, 5) is 0. The molecule has 19 heavy (non-hydrogen) atoms. The molecule has 4 heteroatoms. The van der Waals surface area contributed by atoms with Crippen LogP contribution in [-0.4, -0.2) is 25.4 Å². The van der Waals surface area contributed by atoms with Gasteiger partial charge in [-0.1, -0.05) is 6.07 Å². The molecule has 1 fully saturated rings. The van der Waals surface area contributed by atoms with Crippen LogP contribution in [0.3, 0.4) is 0 Å². The van der Waals surface area contributed by atoms with Crippen molar-refractivity contribution in [2.45, 2.75) is 24.9 Å². The topological polar surface area (TPSA) is 62.5 Å². The normalized spacial score (nSPS) is 32.9. The Balaban J connectivity index is 2.11. The number of aliphatic hydroxyl groups is 1. The molecule has 1 aliphatic heterocycles. The van der Waals surface area contributed by atoms with E-state index in [2.05, 4.69) is 6.07 Å². The van der Waals surface area contributed by atoms with Crippen LogP contribution in [0.25, 0.3) is 0 Å². The van der Waals surface area contributed by atoms with Crippen LogP contribution in [0.4, 0.5) is 0 Å². The molecule has 1 aromatic rings. The molecule has 1 heterocycles. The lowest BCUT2D eigenvalue weighted by atomic mass is 9.69. The molecule has 1 saturated heterocycles. The third kappa shape index (κ3) is 1.59. The van der Waals surface area contributed by atoms with Crippen molar-refractivity contribution in [3.05, 3.63) is 29.3 Å². The summed E-state index contributed by atoms with van der Waals surface area (Å²) in [5.41, 5.74) is -0.0176. The van der Waals surface area contributed by atoms with Gasteiger partial charge in [-0.25, -0.2) is 0 Å². The van der Waals surface area contributed by atoms with Gasteiger partial charge in [-0.15, -0.1) is 0 Å². The summed E-state index contributed by atoms with van der Waals surface area (Å²) < 4.78 is 10.6. The Bertz CT molecular complexity index is 543. The average molecular weight is 259 g/mol. The van der Waals surface area contributed by atoms with Crippen molar-refractivity contribution in [3.8, 4) is 11.8 Å². The quantitative estimate of drug-likeness (QED) is 0.879. The molecular formula is C15H17NO3. The van der Waals surface area contributed by atoms with Gasteiger partial charge in [0.25, 0.3) is 0 Å². The molecule has 0 amide bonds. The Morgan fingerprint density at radius 2 is 2.26 bits per heavy atom. The van der Waals surface area contributed by atoms with Crippen LogP contribution in [0.15, 0.2) is 18.2 Å². The zero-order valence-corrected chi connectivity index (χ0v) is 11.0. The van der Waals surface area contributed by atoms with Gasteiger partial charge in [0.1, 0.15) is 16.8 Å². The van der Waals surface area contributed by atoms with Gasteiger partial charge in [0.2, 0.25) is 0 Å². The van der Waals surface area contributed by atoms with E-state index in [1.54, 1.807) is 7.11 Å². The highest BCUT2D eigenvalue weighted by atomic mass is 16.5. The first-order valence-corrected chi connectivity index (χ1v) is 6.54. The van der Waals surface area contributed by atoms with Crippen molar-refractivity contribution in [3.63, 3.8) is 0 Å². The molecule has 100 valence electrons. The highest BCUT2D eigenvalue weighted by Crippen LogP contribution is 2.53. The lowest BCUT2D eigenvalue weighted by molar-refractivity contribution is -0.0627. The summed E-state index contributed by atoms with van der Waals surface area (Å²) in [6.07, 6.45) is 1.95.